The van der Waals surface area contributed by atoms with Crippen molar-refractivity contribution < 1.29 is 30.7 Å². The van der Waals surface area contributed by atoms with Crippen molar-refractivity contribution in [2.24, 2.45) is 5.92 Å². The van der Waals surface area contributed by atoms with Crippen LogP contribution in [0.4, 0.5) is 0 Å². The first kappa shape index (κ1) is 16.4. The van der Waals surface area contributed by atoms with Crippen LogP contribution in [0.5, 0.6) is 0 Å². The van der Waals surface area contributed by atoms with E-state index in [1.807, 2.05) is 6.92 Å². The van der Waals surface area contributed by atoms with Gasteiger partial charge in [-0.1, -0.05) is 26.7 Å². The van der Waals surface area contributed by atoms with E-state index in [9.17, 15) is 4.79 Å². The van der Waals surface area contributed by atoms with E-state index in [1.165, 1.54) is 0 Å². The predicted molar refractivity (Wildman–Crippen MR) is 52.6 cm³/mol. The number of rotatable bonds is 5. The van der Waals surface area contributed by atoms with Crippen molar-refractivity contribution in [1.82, 2.24) is 0 Å². The molecule has 1 atom stereocenters. The van der Waals surface area contributed by atoms with Gasteiger partial charge in [0.05, 0.1) is 5.92 Å². The Morgan fingerprint density at radius 2 is 1.92 bits per heavy atom. The van der Waals surface area contributed by atoms with Crippen LogP contribution >= 0.6 is 17.0 Å². The molecule has 78 valence electrons. The first-order chi connectivity index (χ1) is 6.13. The van der Waals surface area contributed by atoms with E-state index in [4.69, 9.17) is 22.1 Å². The Kier molecular flexibility index (Phi) is 16.3. The Bertz CT molecular complexity index is 123. The molecule has 1 unspecified atom stereocenters. The fourth-order valence-electron chi connectivity index (χ4n) is 0.953. The molecule has 1 N–H and O–H groups in total. The first-order valence-electron chi connectivity index (χ1n) is 4.33. The molecule has 0 aliphatic heterocycles. The summed E-state index contributed by atoms with van der Waals surface area (Å²) in [6.07, 6.45) is 3.71. The zero-order valence-electron chi connectivity index (χ0n) is 8.02. The molecule has 0 aromatic carbocycles. The number of carboxylic acid groups (broad SMARTS) is 1. The molecule has 0 heterocycles. The average Bonchev–Trinajstić information content (AvgIpc) is 2.06. The van der Waals surface area contributed by atoms with E-state index in [0.717, 1.165) is 25.7 Å². The maximum absolute atomic E-state index is 10.4. The van der Waals surface area contributed by atoms with Gasteiger partial charge in [0.1, 0.15) is 0 Å². The summed E-state index contributed by atoms with van der Waals surface area (Å²) in [5.74, 6) is -0.754. The van der Waals surface area contributed by atoms with Gasteiger partial charge in [0.25, 0.3) is 0 Å². The topological polar surface area (TPSA) is 37.3 Å². The van der Waals surface area contributed by atoms with Crippen molar-refractivity contribution in [1.29, 1.82) is 0 Å². The van der Waals surface area contributed by atoms with Crippen molar-refractivity contribution in [3.8, 4) is 0 Å². The van der Waals surface area contributed by atoms with Crippen molar-refractivity contribution >= 4 is 23.0 Å². The molecule has 2 nitrogen and oxygen atoms in total. The molecule has 0 aliphatic carbocycles. The molecule has 0 saturated heterocycles. The molecule has 0 saturated carbocycles. The Balaban J connectivity index is 0. The summed E-state index contributed by atoms with van der Waals surface area (Å²) in [6, 6.07) is 0. The van der Waals surface area contributed by atoms with Gasteiger partial charge >= 0.3 is 43.8 Å². The average molecular weight is 306 g/mol. The number of carboxylic acids is 1. The Morgan fingerprint density at radius 1 is 1.46 bits per heavy atom. The number of carbonyl (C=O) groups is 1. The predicted octanol–water partition coefficient (Wildman–Crippen LogP) is 3.66. The van der Waals surface area contributed by atoms with Crippen molar-refractivity contribution in [2.75, 3.05) is 0 Å². The third-order valence-corrected chi connectivity index (χ3v) is 1.75. The Labute approximate surface area is 98.7 Å². The SMILES string of the molecule is CCCCC(CC)C(=O)O.[Cl][Zr][Cl]. The van der Waals surface area contributed by atoms with Gasteiger partial charge in [-0.05, 0) is 12.8 Å². The van der Waals surface area contributed by atoms with Crippen LogP contribution in [0.3, 0.4) is 0 Å². The van der Waals surface area contributed by atoms with E-state index < -0.39 is 26.8 Å². The van der Waals surface area contributed by atoms with E-state index in [2.05, 4.69) is 6.92 Å². The van der Waals surface area contributed by atoms with Crippen LogP contribution in [0.15, 0.2) is 0 Å². The van der Waals surface area contributed by atoms with E-state index in [-0.39, 0.29) is 5.92 Å². The minimum absolute atomic E-state index is 0.111. The van der Waals surface area contributed by atoms with E-state index >= 15 is 0 Å². The van der Waals surface area contributed by atoms with E-state index in [0.29, 0.717) is 0 Å². The van der Waals surface area contributed by atoms with Crippen LogP contribution in [0, 0.1) is 5.92 Å². The Morgan fingerprint density at radius 3 is 2.15 bits per heavy atom. The maximum atomic E-state index is 10.4. The minimum atomic E-state index is -0.826. The molecule has 0 aromatic rings. The molecule has 0 fully saturated rings. The molecule has 0 spiro atoms. The van der Waals surface area contributed by atoms with Crippen LogP contribution in [-0.4, -0.2) is 11.1 Å². The second kappa shape index (κ2) is 12.9. The number of hydrogen-bond donors (Lipinski definition) is 1. The zero-order valence-corrected chi connectivity index (χ0v) is 12.0. The van der Waals surface area contributed by atoms with Gasteiger partial charge < -0.3 is 5.11 Å². The standard InChI is InChI=1S/C8H16O2.2ClH.Zr/c1-3-5-6-7(4-2)8(9)10;;;/h7H,3-6H2,1-2H3,(H,9,10);2*1H;/q;;;+2/p-2. The fourth-order valence-corrected chi connectivity index (χ4v) is 0.953. The molecule has 0 amide bonds. The molecule has 0 bridgehead atoms. The van der Waals surface area contributed by atoms with E-state index in [1.54, 1.807) is 0 Å². The summed E-state index contributed by atoms with van der Waals surface area (Å²) in [5, 5.41) is 8.60. The Hall–Kier alpha value is 0.933. The second-order valence-corrected chi connectivity index (χ2v) is 6.39. The molecular weight excluding hydrogens is 290 g/mol. The third kappa shape index (κ3) is 12.9. The molecule has 5 heteroatoms. The van der Waals surface area contributed by atoms with Crippen LogP contribution in [0.1, 0.15) is 39.5 Å². The van der Waals surface area contributed by atoms with Gasteiger partial charge in [0.2, 0.25) is 0 Å². The van der Waals surface area contributed by atoms with Crippen LogP contribution in [-0.2, 0) is 25.6 Å². The number of unbranched alkanes of at least 4 members (excludes halogenated alkanes) is 1. The van der Waals surface area contributed by atoms with Crippen molar-refractivity contribution in [3.63, 3.8) is 0 Å². The third-order valence-electron chi connectivity index (χ3n) is 1.75. The van der Waals surface area contributed by atoms with Gasteiger partial charge in [-0.25, -0.2) is 0 Å². The second-order valence-electron chi connectivity index (χ2n) is 2.66. The first-order valence-corrected chi connectivity index (χ1v) is 10.7. The van der Waals surface area contributed by atoms with Gasteiger partial charge in [-0.15, -0.1) is 0 Å². The molecule has 0 rings (SSSR count). The monoisotopic (exact) mass is 304 g/mol. The van der Waals surface area contributed by atoms with Crippen LogP contribution in [0.2, 0.25) is 0 Å². The summed E-state index contributed by atoms with van der Waals surface area (Å²) in [4.78, 5) is 10.4. The molecule has 0 aromatic heterocycles. The van der Waals surface area contributed by atoms with Crippen molar-refractivity contribution in [3.05, 3.63) is 0 Å². The zero-order chi connectivity index (χ0) is 10.7. The molecule has 13 heavy (non-hydrogen) atoms. The quantitative estimate of drug-likeness (QED) is 0.841. The number of aliphatic carboxylic acids is 1. The summed E-state index contributed by atoms with van der Waals surface area (Å²) >= 11 is -0.826. The van der Waals surface area contributed by atoms with Crippen LogP contribution in [0.25, 0.3) is 0 Å². The van der Waals surface area contributed by atoms with Gasteiger partial charge in [0.15, 0.2) is 0 Å². The summed E-state index contributed by atoms with van der Waals surface area (Å²) in [5.41, 5.74) is 0. The number of halogens is 2. The molecular formula is C8H16Cl2O2Zr. The molecule has 0 aliphatic rings. The van der Waals surface area contributed by atoms with Gasteiger partial charge in [-0.3, -0.25) is 4.79 Å². The number of hydrogen-bond acceptors (Lipinski definition) is 1. The normalized spacial score (nSPS) is 11.1. The summed E-state index contributed by atoms with van der Waals surface area (Å²) in [6.45, 7) is 4.00. The molecule has 0 radical (unpaired) electrons. The van der Waals surface area contributed by atoms with Crippen LogP contribution < -0.4 is 0 Å². The summed E-state index contributed by atoms with van der Waals surface area (Å²) < 4.78 is 0. The fraction of sp³-hybridized carbons (Fsp3) is 0.875. The summed E-state index contributed by atoms with van der Waals surface area (Å²) in [7, 11) is 9.87. The van der Waals surface area contributed by atoms with Crippen molar-refractivity contribution in [2.45, 2.75) is 39.5 Å². The van der Waals surface area contributed by atoms with Gasteiger partial charge in [0, 0.05) is 0 Å². The van der Waals surface area contributed by atoms with Gasteiger partial charge in [-0.2, -0.15) is 0 Å².